The van der Waals surface area contributed by atoms with E-state index in [9.17, 15) is 24.3 Å². The fraction of sp³-hybridized carbons (Fsp3) is 0.280. The third-order valence-corrected chi connectivity index (χ3v) is 5.58. The number of carboxylic acids is 1. The van der Waals surface area contributed by atoms with Crippen LogP contribution in [-0.4, -0.2) is 48.8 Å². The second-order valence-electron chi connectivity index (χ2n) is 7.96. The maximum Gasteiger partial charge on any atom is 0.340 e. The van der Waals surface area contributed by atoms with Crippen LogP contribution in [0.5, 0.6) is 17.2 Å². The molecule has 0 fully saturated rings. The van der Waals surface area contributed by atoms with E-state index in [-0.39, 0.29) is 29.7 Å². The summed E-state index contributed by atoms with van der Waals surface area (Å²) < 4.78 is 15.8. The first-order valence-electron chi connectivity index (χ1n) is 10.9. The Kier molecular flexibility index (Phi) is 8.15. The average Bonchev–Trinajstić information content (AvgIpc) is 2.84. The summed E-state index contributed by atoms with van der Waals surface area (Å²) in [5.74, 6) is -1.61. The summed E-state index contributed by atoms with van der Waals surface area (Å²) in [7, 11) is 2.91. The second kappa shape index (κ2) is 11.3. The van der Waals surface area contributed by atoms with Crippen molar-refractivity contribution in [3.8, 4) is 17.2 Å². The molecule has 2 amide bonds. The van der Waals surface area contributed by atoms with Gasteiger partial charge in [0.1, 0.15) is 17.9 Å². The van der Waals surface area contributed by atoms with Gasteiger partial charge in [-0.15, -0.1) is 0 Å². The Balaban J connectivity index is 1.88. The van der Waals surface area contributed by atoms with Crippen LogP contribution in [-0.2, 0) is 20.8 Å². The second-order valence-corrected chi connectivity index (χ2v) is 7.96. The number of aromatic hydroxyl groups is 1. The zero-order chi connectivity index (χ0) is 26.4. The molecule has 0 aliphatic rings. The number of aliphatic carboxylic acids is 1. The molecule has 3 aromatic rings. The number of ether oxygens (including phenoxy) is 2. The van der Waals surface area contributed by atoms with Gasteiger partial charge in [0.25, 0.3) is 0 Å². The largest absolute Gasteiger partial charge is 0.508 e. The van der Waals surface area contributed by atoms with Crippen LogP contribution in [0.25, 0.3) is 11.0 Å². The highest BCUT2D eigenvalue weighted by Crippen LogP contribution is 2.31. The number of rotatable bonds is 10. The summed E-state index contributed by atoms with van der Waals surface area (Å²) >= 11 is 0. The predicted molar refractivity (Wildman–Crippen MR) is 128 cm³/mol. The molecular weight excluding hydrogens is 472 g/mol. The van der Waals surface area contributed by atoms with Gasteiger partial charge in [0, 0.05) is 11.5 Å². The van der Waals surface area contributed by atoms with Crippen LogP contribution in [0.1, 0.15) is 29.2 Å². The summed E-state index contributed by atoms with van der Waals surface area (Å²) in [6.45, 7) is 1.10. The summed E-state index contributed by atoms with van der Waals surface area (Å²) in [4.78, 5) is 48.7. The van der Waals surface area contributed by atoms with Gasteiger partial charge in [0.2, 0.25) is 11.8 Å². The smallest absolute Gasteiger partial charge is 0.340 e. The lowest BCUT2D eigenvalue weighted by Crippen LogP contribution is -2.36. The van der Waals surface area contributed by atoms with E-state index < -0.39 is 36.0 Å². The van der Waals surface area contributed by atoms with Crippen molar-refractivity contribution in [1.29, 1.82) is 0 Å². The molecule has 0 aliphatic carbocycles. The standard InChI is InChI=1S/C25H26N2O9/c1-13-16-6-5-15(28)9-20(16)36-25(33)17(13)10-23(30)27-18(11-22(29)26-12-24(31)32)14-4-7-19(34-2)21(8-14)35-3/h4-9,18,28H,10-12H2,1-3H3,(H,26,29)(H,27,30)(H,31,32)/t18-/m0/s1. The van der Waals surface area contributed by atoms with Crippen molar-refractivity contribution in [2.45, 2.75) is 25.8 Å². The number of methoxy groups -OCH3 is 2. The fourth-order valence-electron chi connectivity index (χ4n) is 3.75. The van der Waals surface area contributed by atoms with Crippen molar-refractivity contribution in [3.63, 3.8) is 0 Å². The molecule has 1 heterocycles. The van der Waals surface area contributed by atoms with Crippen LogP contribution in [0.2, 0.25) is 0 Å². The average molecular weight is 498 g/mol. The molecule has 11 nitrogen and oxygen atoms in total. The van der Waals surface area contributed by atoms with Gasteiger partial charge < -0.3 is 34.7 Å². The molecule has 3 rings (SSSR count). The summed E-state index contributed by atoms with van der Waals surface area (Å²) in [5, 5.41) is 24.0. The molecular formula is C25H26N2O9. The number of fused-ring (bicyclic) bond motifs is 1. The van der Waals surface area contributed by atoms with Crippen molar-refractivity contribution in [3.05, 3.63) is 63.5 Å². The minimum absolute atomic E-state index is 0.0607. The van der Waals surface area contributed by atoms with Gasteiger partial charge >= 0.3 is 11.6 Å². The molecule has 0 unspecified atom stereocenters. The van der Waals surface area contributed by atoms with Crippen molar-refractivity contribution in [2.75, 3.05) is 20.8 Å². The predicted octanol–water partition coefficient (Wildman–Crippen LogP) is 1.82. The Morgan fingerprint density at radius 3 is 2.42 bits per heavy atom. The molecule has 0 saturated heterocycles. The highest BCUT2D eigenvalue weighted by molar-refractivity contribution is 5.86. The lowest BCUT2D eigenvalue weighted by atomic mass is 10.0. The van der Waals surface area contributed by atoms with Crippen LogP contribution in [0.3, 0.4) is 0 Å². The van der Waals surface area contributed by atoms with Gasteiger partial charge in [0.15, 0.2) is 11.5 Å². The number of benzene rings is 2. The zero-order valence-corrected chi connectivity index (χ0v) is 19.9. The maximum atomic E-state index is 13.0. The molecule has 1 atom stereocenters. The molecule has 2 aromatic carbocycles. The van der Waals surface area contributed by atoms with E-state index in [2.05, 4.69) is 10.6 Å². The molecule has 0 bridgehead atoms. The van der Waals surface area contributed by atoms with Crippen molar-refractivity contribution < 1.29 is 38.5 Å². The molecule has 11 heteroatoms. The fourth-order valence-corrected chi connectivity index (χ4v) is 3.75. The number of carbonyl (C=O) groups is 3. The monoisotopic (exact) mass is 498 g/mol. The number of hydrogen-bond donors (Lipinski definition) is 4. The Hall–Kier alpha value is -4.54. The molecule has 0 saturated carbocycles. The van der Waals surface area contributed by atoms with Crippen molar-refractivity contribution in [1.82, 2.24) is 10.6 Å². The molecule has 190 valence electrons. The van der Waals surface area contributed by atoms with E-state index >= 15 is 0 Å². The Morgan fingerprint density at radius 2 is 1.75 bits per heavy atom. The Bertz CT molecular complexity index is 1360. The van der Waals surface area contributed by atoms with Crippen LogP contribution in [0, 0.1) is 6.92 Å². The summed E-state index contributed by atoms with van der Waals surface area (Å²) in [5.41, 5.74) is 0.636. The van der Waals surface area contributed by atoms with Gasteiger partial charge in [-0.05, 0) is 42.3 Å². The SMILES string of the molecule is COc1ccc([C@H](CC(=O)NCC(=O)O)NC(=O)Cc2c(C)c3ccc(O)cc3oc2=O)cc1OC. The number of hydrogen-bond acceptors (Lipinski definition) is 8. The number of amides is 2. The van der Waals surface area contributed by atoms with E-state index in [1.807, 2.05) is 0 Å². The third kappa shape index (κ3) is 6.12. The highest BCUT2D eigenvalue weighted by Gasteiger charge is 2.22. The Labute approximate surface area is 205 Å². The van der Waals surface area contributed by atoms with E-state index in [1.54, 1.807) is 31.2 Å². The lowest BCUT2D eigenvalue weighted by molar-refractivity contribution is -0.138. The van der Waals surface area contributed by atoms with Crippen LogP contribution >= 0.6 is 0 Å². The van der Waals surface area contributed by atoms with Gasteiger partial charge in [-0.2, -0.15) is 0 Å². The normalized spacial score (nSPS) is 11.5. The molecule has 0 aliphatic heterocycles. The van der Waals surface area contributed by atoms with Crippen LogP contribution < -0.4 is 25.7 Å². The first-order valence-corrected chi connectivity index (χ1v) is 10.9. The van der Waals surface area contributed by atoms with Gasteiger partial charge in [-0.25, -0.2) is 4.79 Å². The summed E-state index contributed by atoms with van der Waals surface area (Å²) in [6.07, 6.45) is -0.593. The van der Waals surface area contributed by atoms with E-state index in [0.717, 1.165) is 0 Å². The molecule has 1 aromatic heterocycles. The molecule has 0 radical (unpaired) electrons. The number of carbonyl (C=O) groups excluding carboxylic acids is 2. The number of aryl methyl sites for hydroxylation is 1. The van der Waals surface area contributed by atoms with Gasteiger partial charge in [-0.3, -0.25) is 14.4 Å². The molecule has 4 N–H and O–H groups in total. The lowest BCUT2D eigenvalue weighted by Gasteiger charge is -2.20. The van der Waals surface area contributed by atoms with Crippen molar-refractivity contribution >= 4 is 28.8 Å². The quantitative estimate of drug-likeness (QED) is 0.305. The van der Waals surface area contributed by atoms with E-state index in [0.29, 0.717) is 28.0 Å². The topological polar surface area (TPSA) is 164 Å². The maximum absolute atomic E-state index is 13.0. The van der Waals surface area contributed by atoms with E-state index in [1.165, 1.54) is 26.4 Å². The highest BCUT2D eigenvalue weighted by atomic mass is 16.5. The molecule has 0 spiro atoms. The minimum Gasteiger partial charge on any atom is -0.508 e. The number of phenols is 1. The minimum atomic E-state index is -1.21. The first-order chi connectivity index (χ1) is 17.1. The molecule has 36 heavy (non-hydrogen) atoms. The van der Waals surface area contributed by atoms with Gasteiger partial charge in [-0.1, -0.05) is 6.07 Å². The number of carboxylic acid groups (broad SMARTS) is 1. The van der Waals surface area contributed by atoms with Crippen molar-refractivity contribution in [2.24, 2.45) is 0 Å². The van der Waals surface area contributed by atoms with Crippen LogP contribution in [0.4, 0.5) is 0 Å². The van der Waals surface area contributed by atoms with Gasteiger partial charge in [0.05, 0.1) is 38.7 Å². The van der Waals surface area contributed by atoms with Crippen LogP contribution in [0.15, 0.2) is 45.6 Å². The summed E-state index contributed by atoms with van der Waals surface area (Å²) in [6, 6.07) is 8.33. The number of nitrogens with one attached hydrogen (secondary N) is 2. The Morgan fingerprint density at radius 1 is 1.03 bits per heavy atom. The first kappa shape index (κ1) is 26.1. The van der Waals surface area contributed by atoms with E-state index in [4.69, 9.17) is 19.0 Å². The zero-order valence-electron chi connectivity index (χ0n) is 19.9. The third-order valence-electron chi connectivity index (χ3n) is 5.58. The number of phenolic OH excluding ortho intramolecular Hbond substituents is 1.